The van der Waals surface area contributed by atoms with E-state index in [-0.39, 0.29) is 24.0 Å². The van der Waals surface area contributed by atoms with E-state index in [0.29, 0.717) is 0 Å². The third-order valence-electron chi connectivity index (χ3n) is 5.17. The molecule has 1 atom stereocenters. The maximum absolute atomic E-state index is 4.50. The predicted molar refractivity (Wildman–Crippen MR) is 116 cm³/mol. The minimum absolute atomic E-state index is 0. The second-order valence-electron chi connectivity index (χ2n) is 7.09. The molecule has 0 bridgehead atoms. The number of likely N-dealkylation sites (tertiary alicyclic amines) is 1. The van der Waals surface area contributed by atoms with Gasteiger partial charge in [-0.15, -0.1) is 24.0 Å². The summed E-state index contributed by atoms with van der Waals surface area (Å²) in [6, 6.07) is 10.8. The van der Waals surface area contributed by atoms with Gasteiger partial charge in [0.1, 0.15) is 0 Å². The fraction of sp³-hybridized carbons (Fsp3) is 0.632. The minimum atomic E-state index is 0. The van der Waals surface area contributed by atoms with E-state index >= 15 is 0 Å². The first-order valence-corrected chi connectivity index (χ1v) is 9.15. The molecule has 1 unspecified atom stereocenters. The van der Waals surface area contributed by atoms with Gasteiger partial charge >= 0.3 is 0 Å². The second kappa shape index (κ2) is 10.3. The van der Waals surface area contributed by atoms with Crippen molar-refractivity contribution in [3.63, 3.8) is 0 Å². The lowest BCUT2D eigenvalue weighted by atomic mass is 10.1. The van der Waals surface area contributed by atoms with Crippen molar-refractivity contribution < 1.29 is 0 Å². The molecular formula is C19H32IN5. The van der Waals surface area contributed by atoms with Gasteiger partial charge in [-0.05, 0) is 31.5 Å². The standard InChI is InChI=1S/C19H31N5.HI/c1-20-19(21-14-18-8-9-22(2)15-18)24-12-10-23(11-13-24)16-17-6-4-3-5-7-17;/h3-7,18H,8-16H2,1-2H3,(H,20,21);1H. The van der Waals surface area contributed by atoms with Crippen LogP contribution in [0, 0.1) is 5.92 Å². The van der Waals surface area contributed by atoms with Gasteiger partial charge in [-0.1, -0.05) is 30.3 Å². The Morgan fingerprint density at radius 3 is 2.44 bits per heavy atom. The molecule has 0 amide bonds. The van der Waals surface area contributed by atoms with Crippen molar-refractivity contribution in [2.24, 2.45) is 10.9 Å². The van der Waals surface area contributed by atoms with Gasteiger partial charge in [0.25, 0.3) is 0 Å². The Balaban J connectivity index is 0.00000225. The van der Waals surface area contributed by atoms with E-state index in [9.17, 15) is 0 Å². The Bertz CT molecular complexity index is 528. The maximum Gasteiger partial charge on any atom is 0.193 e. The van der Waals surface area contributed by atoms with Crippen LogP contribution in [0.4, 0.5) is 0 Å². The summed E-state index contributed by atoms with van der Waals surface area (Å²) in [4.78, 5) is 11.8. The zero-order chi connectivity index (χ0) is 16.8. The fourth-order valence-electron chi connectivity index (χ4n) is 3.72. The van der Waals surface area contributed by atoms with Crippen LogP contribution in [0.5, 0.6) is 0 Å². The van der Waals surface area contributed by atoms with Crippen molar-refractivity contribution in [2.45, 2.75) is 13.0 Å². The zero-order valence-electron chi connectivity index (χ0n) is 15.5. The molecule has 0 aromatic heterocycles. The van der Waals surface area contributed by atoms with E-state index < -0.39 is 0 Å². The summed E-state index contributed by atoms with van der Waals surface area (Å²) in [6.07, 6.45) is 1.30. The molecule has 0 radical (unpaired) electrons. The van der Waals surface area contributed by atoms with Crippen LogP contribution in [0.25, 0.3) is 0 Å². The van der Waals surface area contributed by atoms with E-state index in [1.54, 1.807) is 0 Å². The monoisotopic (exact) mass is 457 g/mol. The lowest BCUT2D eigenvalue weighted by molar-refractivity contribution is 0.172. The van der Waals surface area contributed by atoms with Crippen molar-refractivity contribution in [2.75, 3.05) is 59.9 Å². The lowest BCUT2D eigenvalue weighted by Crippen LogP contribution is -2.52. The van der Waals surface area contributed by atoms with Crippen molar-refractivity contribution in [1.29, 1.82) is 0 Å². The number of hydrogen-bond acceptors (Lipinski definition) is 3. The Morgan fingerprint density at radius 1 is 1.12 bits per heavy atom. The van der Waals surface area contributed by atoms with Gasteiger partial charge in [0, 0.05) is 52.9 Å². The number of benzene rings is 1. The predicted octanol–water partition coefficient (Wildman–Crippen LogP) is 1.95. The average Bonchev–Trinajstić information content (AvgIpc) is 3.03. The molecule has 5 nitrogen and oxygen atoms in total. The Kier molecular flexibility index (Phi) is 8.45. The summed E-state index contributed by atoms with van der Waals surface area (Å²) in [5.41, 5.74) is 1.40. The van der Waals surface area contributed by atoms with Crippen molar-refractivity contribution in [3.8, 4) is 0 Å². The van der Waals surface area contributed by atoms with Gasteiger partial charge in [0.05, 0.1) is 0 Å². The summed E-state index contributed by atoms with van der Waals surface area (Å²) in [5.74, 6) is 1.83. The molecule has 0 saturated carbocycles. The van der Waals surface area contributed by atoms with E-state index in [1.807, 2.05) is 7.05 Å². The molecule has 25 heavy (non-hydrogen) atoms. The largest absolute Gasteiger partial charge is 0.356 e. The first-order valence-electron chi connectivity index (χ1n) is 9.15. The Labute approximate surface area is 169 Å². The summed E-state index contributed by atoms with van der Waals surface area (Å²) >= 11 is 0. The quantitative estimate of drug-likeness (QED) is 0.426. The van der Waals surface area contributed by atoms with Gasteiger partial charge in [0.15, 0.2) is 5.96 Å². The number of guanidine groups is 1. The van der Waals surface area contributed by atoms with Crippen LogP contribution < -0.4 is 5.32 Å². The first kappa shape index (κ1) is 20.5. The van der Waals surface area contributed by atoms with E-state index in [0.717, 1.165) is 51.1 Å². The number of halogens is 1. The minimum Gasteiger partial charge on any atom is -0.356 e. The number of nitrogens with one attached hydrogen (secondary N) is 1. The molecule has 2 aliphatic heterocycles. The fourth-order valence-corrected chi connectivity index (χ4v) is 3.72. The summed E-state index contributed by atoms with van der Waals surface area (Å²) < 4.78 is 0. The summed E-state index contributed by atoms with van der Waals surface area (Å²) in [5, 5.41) is 3.60. The molecule has 2 heterocycles. The van der Waals surface area contributed by atoms with Crippen molar-refractivity contribution >= 4 is 29.9 Å². The van der Waals surface area contributed by atoms with Crippen LogP contribution in [0.1, 0.15) is 12.0 Å². The van der Waals surface area contributed by atoms with Gasteiger partial charge in [-0.3, -0.25) is 9.89 Å². The highest BCUT2D eigenvalue weighted by Gasteiger charge is 2.22. The van der Waals surface area contributed by atoms with E-state index in [1.165, 1.54) is 25.1 Å². The molecule has 6 heteroatoms. The average molecular weight is 457 g/mol. The molecule has 3 rings (SSSR count). The summed E-state index contributed by atoms with van der Waals surface area (Å²) in [6.45, 7) is 8.83. The second-order valence-corrected chi connectivity index (χ2v) is 7.09. The lowest BCUT2D eigenvalue weighted by Gasteiger charge is -2.36. The van der Waals surface area contributed by atoms with Crippen molar-refractivity contribution in [1.82, 2.24) is 20.0 Å². The number of aliphatic imine (C=N–C) groups is 1. The van der Waals surface area contributed by atoms with E-state index in [2.05, 4.69) is 62.4 Å². The summed E-state index contributed by atoms with van der Waals surface area (Å²) in [7, 11) is 4.11. The van der Waals surface area contributed by atoms with Gasteiger partial charge < -0.3 is 15.1 Å². The highest BCUT2D eigenvalue weighted by molar-refractivity contribution is 14.0. The SMILES string of the molecule is CN=C(NCC1CCN(C)C1)N1CCN(Cc2ccccc2)CC1.I. The third kappa shape index (κ3) is 6.11. The molecule has 2 fully saturated rings. The smallest absolute Gasteiger partial charge is 0.193 e. The Hall–Kier alpha value is -0.860. The maximum atomic E-state index is 4.50. The molecule has 2 saturated heterocycles. The van der Waals surface area contributed by atoms with E-state index in [4.69, 9.17) is 0 Å². The highest BCUT2D eigenvalue weighted by Crippen LogP contribution is 2.13. The third-order valence-corrected chi connectivity index (χ3v) is 5.17. The van der Waals surface area contributed by atoms with Gasteiger partial charge in [0.2, 0.25) is 0 Å². The number of rotatable bonds is 4. The Morgan fingerprint density at radius 2 is 1.84 bits per heavy atom. The zero-order valence-corrected chi connectivity index (χ0v) is 17.9. The van der Waals surface area contributed by atoms with Crippen LogP contribution in [-0.2, 0) is 6.54 Å². The highest BCUT2D eigenvalue weighted by atomic mass is 127. The number of hydrogen-bond donors (Lipinski definition) is 1. The normalized spacial score (nSPS) is 22.7. The number of nitrogens with zero attached hydrogens (tertiary/aromatic N) is 4. The van der Waals surface area contributed by atoms with Gasteiger partial charge in [-0.2, -0.15) is 0 Å². The molecule has 1 aromatic rings. The molecule has 140 valence electrons. The topological polar surface area (TPSA) is 34.1 Å². The molecular weight excluding hydrogens is 425 g/mol. The first-order chi connectivity index (χ1) is 11.7. The molecule has 1 N–H and O–H groups in total. The molecule has 0 spiro atoms. The van der Waals surface area contributed by atoms with Gasteiger partial charge in [-0.25, -0.2) is 0 Å². The van der Waals surface area contributed by atoms with Crippen LogP contribution >= 0.6 is 24.0 Å². The molecule has 2 aliphatic rings. The van der Waals surface area contributed by atoms with Crippen LogP contribution in [-0.4, -0.2) is 80.6 Å². The number of piperazine rings is 1. The van der Waals surface area contributed by atoms with Crippen molar-refractivity contribution in [3.05, 3.63) is 35.9 Å². The van der Waals surface area contributed by atoms with Crippen LogP contribution in [0.15, 0.2) is 35.3 Å². The molecule has 0 aliphatic carbocycles. The van der Waals surface area contributed by atoms with Crippen LogP contribution in [0.2, 0.25) is 0 Å². The molecule has 1 aromatic carbocycles. The van der Waals surface area contributed by atoms with Crippen LogP contribution in [0.3, 0.4) is 0 Å².